The highest BCUT2D eigenvalue weighted by molar-refractivity contribution is 9.10. The average molecular weight is 452 g/mol. The molecule has 0 atom stereocenters. The zero-order chi connectivity index (χ0) is 17.4. The largest absolute Gasteiger partial charge is 0.489 e. The molecule has 2 aromatic carbocycles. The van der Waals surface area contributed by atoms with E-state index in [0.29, 0.717) is 12.4 Å². The Balaban J connectivity index is 1.97. The van der Waals surface area contributed by atoms with Crippen molar-refractivity contribution in [1.82, 2.24) is 5.43 Å². The third-order valence-corrected chi connectivity index (χ3v) is 4.02. The van der Waals surface area contributed by atoms with Crippen molar-refractivity contribution in [3.63, 3.8) is 0 Å². The lowest BCUT2D eigenvalue weighted by Gasteiger charge is -2.07. The summed E-state index contributed by atoms with van der Waals surface area (Å²) in [6, 6.07) is 13.2. The van der Waals surface area contributed by atoms with Gasteiger partial charge in [0.2, 0.25) is 5.91 Å². The number of carbonyl (C=O) groups excluding carboxylic acids is 1. The van der Waals surface area contributed by atoms with Crippen LogP contribution >= 0.6 is 31.9 Å². The fraction of sp³-hybridized carbons (Fsp3) is 0.111. The average Bonchev–Trinajstić information content (AvgIpc) is 2.56. The predicted molar refractivity (Wildman–Crippen MR) is 103 cm³/mol. The standard InChI is InChI=1S/C18H16Br2N2O2/c1-2-9-24-17-8-7-16(20)11-14(17)12-21-22-18(23)10-13-3-5-15(19)6-4-13/h2-8,11-12H,1,9-10H2,(H,22,23)/b21-12+. The van der Waals surface area contributed by atoms with Gasteiger partial charge in [-0.2, -0.15) is 5.10 Å². The van der Waals surface area contributed by atoms with Crippen molar-refractivity contribution in [2.45, 2.75) is 6.42 Å². The molecule has 0 aliphatic heterocycles. The van der Waals surface area contributed by atoms with Gasteiger partial charge in [0.25, 0.3) is 0 Å². The van der Waals surface area contributed by atoms with Gasteiger partial charge in [-0.05, 0) is 35.9 Å². The molecular weight excluding hydrogens is 436 g/mol. The van der Waals surface area contributed by atoms with Crippen LogP contribution < -0.4 is 10.2 Å². The van der Waals surface area contributed by atoms with E-state index in [2.05, 4.69) is 49.0 Å². The first kappa shape index (κ1) is 18.4. The van der Waals surface area contributed by atoms with E-state index in [1.54, 1.807) is 12.3 Å². The minimum absolute atomic E-state index is 0.183. The number of nitrogens with one attached hydrogen (secondary N) is 1. The van der Waals surface area contributed by atoms with E-state index in [0.717, 1.165) is 20.1 Å². The first-order chi connectivity index (χ1) is 11.6. The molecule has 0 aliphatic rings. The third-order valence-electron chi connectivity index (χ3n) is 3.00. The van der Waals surface area contributed by atoms with Gasteiger partial charge < -0.3 is 4.74 Å². The molecule has 1 N–H and O–H groups in total. The minimum Gasteiger partial charge on any atom is -0.489 e. The quantitative estimate of drug-likeness (QED) is 0.383. The van der Waals surface area contributed by atoms with E-state index >= 15 is 0 Å². The van der Waals surface area contributed by atoms with Gasteiger partial charge in [0.15, 0.2) is 0 Å². The van der Waals surface area contributed by atoms with Crippen LogP contribution in [0, 0.1) is 0 Å². The van der Waals surface area contributed by atoms with Crippen LogP contribution in [0.15, 0.2) is 69.2 Å². The van der Waals surface area contributed by atoms with Crippen molar-refractivity contribution in [3.05, 3.63) is 75.2 Å². The Morgan fingerprint density at radius 2 is 1.88 bits per heavy atom. The molecule has 24 heavy (non-hydrogen) atoms. The van der Waals surface area contributed by atoms with Crippen molar-refractivity contribution in [2.24, 2.45) is 5.10 Å². The Bertz CT molecular complexity index is 743. The molecule has 4 nitrogen and oxygen atoms in total. The first-order valence-electron chi connectivity index (χ1n) is 7.18. The highest BCUT2D eigenvalue weighted by Crippen LogP contribution is 2.21. The summed E-state index contributed by atoms with van der Waals surface area (Å²) in [5.41, 5.74) is 4.20. The Kier molecular flexibility index (Phi) is 7.21. The molecule has 2 aromatic rings. The Morgan fingerprint density at radius 1 is 1.17 bits per heavy atom. The molecule has 0 saturated carbocycles. The molecule has 0 bridgehead atoms. The number of amides is 1. The summed E-state index contributed by atoms with van der Waals surface area (Å²) in [4.78, 5) is 11.9. The third kappa shape index (κ3) is 5.94. The second-order valence-corrected chi connectivity index (χ2v) is 6.71. The Labute approximate surface area is 157 Å². The lowest BCUT2D eigenvalue weighted by atomic mass is 10.1. The summed E-state index contributed by atoms with van der Waals surface area (Å²) in [6.07, 6.45) is 3.49. The van der Waals surface area contributed by atoms with E-state index < -0.39 is 0 Å². The maximum atomic E-state index is 11.9. The number of hydrogen-bond donors (Lipinski definition) is 1. The highest BCUT2D eigenvalue weighted by atomic mass is 79.9. The second kappa shape index (κ2) is 9.39. The van der Waals surface area contributed by atoms with Crippen LogP contribution in [0.25, 0.3) is 0 Å². The minimum atomic E-state index is -0.183. The van der Waals surface area contributed by atoms with Crippen molar-refractivity contribution >= 4 is 44.0 Å². The lowest BCUT2D eigenvalue weighted by molar-refractivity contribution is -0.120. The molecular formula is C18H16Br2N2O2. The van der Waals surface area contributed by atoms with Crippen LogP contribution in [0.5, 0.6) is 5.75 Å². The zero-order valence-corrected chi connectivity index (χ0v) is 16.0. The van der Waals surface area contributed by atoms with Crippen LogP contribution in [0.4, 0.5) is 0 Å². The monoisotopic (exact) mass is 450 g/mol. The fourth-order valence-corrected chi connectivity index (χ4v) is 2.54. The molecule has 0 aromatic heterocycles. The van der Waals surface area contributed by atoms with Crippen molar-refractivity contribution < 1.29 is 9.53 Å². The molecule has 124 valence electrons. The summed E-state index contributed by atoms with van der Waals surface area (Å²) in [5.74, 6) is 0.487. The van der Waals surface area contributed by atoms with E-state index in [-0.39, 0.29) is 12.3 Å². The first-order valence-corrected chi connectivity index (χ1v) is 8.76. The summed E-state index contributed by atoms with van der Waals surface area (Å²) < 4.78 is 7.44. The van der Waals surface area contributed by atoms with E-state index in [1.165, 1.54) is 0 Å². The lowest BCUT2D eigenvalue weighted by Crippen LogP contribution is -2.19. The Morgan fingerprint density at radius 3 is 2.58 bits per heavy atom. The summed E-state index contributed by atoms with van der Waals surface area (Å²) >= 11 is 6.77. The number of carbonyl (C=O) groups is 1. The summed E-state index contributed by atoms with van der Waals surface area (Å²) in [6.45, 7) is 4.03. The number of hydrogen-bond acceptors (Lipinski definition) is 3. The molecule has 0 spiro atoms. The van der Waals surface area contributed by atoms with Crippen molar-refractivity contribution in [2.75, 3.05) is 6.61 Å². The number of nitrogens with zero attached hydrogens (tertiary/aromatic N) is 1. The fourth-order valence-electron chi connectivity index (χ4n) is 1.90. The van der Waals surface area contributed by atoms with E-state index in [4.69, 9.17) is 4.74 Å². The summed E-state index contributed by atoms with van der Waals surface area (Å²) in [7, 11) is 0. The number of benzene rings is 2. The summed E-state index contributed by atoms with van der Waals surface area (Å²) in [5, 5.41) is 4.00. The molecule has 2 rings (SSSR count). The number of hydrazone groups is 1. The SMILES string of the molecule is C=CCOc1ccc(Br)cc1/C=N/NC(=O)Cc1ccc(Br)cc1. The van der Waals surface area contributed by atoms with Gasteiger partial charge in [0.05, 0.1) is 12.6 Å². The van der Waals surface area contributed by atoms with Crippen LogP contribution in [-0.2, 0) is 11.2 Å². The van der Waals surface area contributed by atoms with Gasteiger partial charge in [-0.15, -0.1) is 0 Å². The number of rotatable bonds is 7. The van der Waals surface area contributed by atoms with Crippen molar-refractivity contribution in [1.29, 1.82) is 0 Å². The highest BCUT2D eigenvalue weighted by Gasteiger charge is 2.04. The topological polar surface area (TPSA) is 50.7 Å². The maximum Gasteiger partial charge on any atom is 0.244 e. The van der Waals surface area contributed by atoms with Gasteiger partial charge in [-0.3, -0.25) is 4.79 Å². The van der Waals surface area contributed by atoms with Gasteiger partial charge in [0.1, 0.15) is 12.4 Å². The van der Waals surface area contributed by atoms with Crippen LogP contribution in [0.1, 0.15) is 11.1 Å². The van der Waals surface area contributed by atoms with Gasteiger partial charge in [-0.1, -0.05) is 56.6 Å². The van der Waals surface area contributed by atoms with Crippen LogP contribution in [0.3, 0.4) is 0 Å². The normalized spacial score (nSPS) is 10.6. The zero-order valence-electron chi connectivity index (χ0n) is 12.8. The van der Waals surface area contributed by atoms with Gasteiger partial charge >= 0.3 is 0 Å². The van der Waals surface area contributed by atoms with Gasteiger partial charge in [0, 0.05) is 14.5 Å². The maximum absolute atomic E-state index is 11.9. The number of ether oxygens (including phenoxy) is 1. The Hall–Kier alpha value is -1.92. The van der Waals surface area contributed by atoms with Crippen LogP contribution in [0.2, 0.25) is 0 Å². The van der Waals surface area contributed by atoms with Crippen LogP contribution in [-0.4, -0.2) is 18.7 Å². The molecule has 0 radical (unpaired) electrons. The molecule has 0 aliphatic carbocycles. The molecule has 0 fully saturated rings. The smallest absolute Gasteiger partial charge is 0.244 e. The number of halogens is 2. The molecule has 0 saturated heterocycles. The predicted octanol–water partition coefficient (Wildman–Crippen LogP) is 4.47. The van der Waals surface area contributed by atoms with E-state index in [1.807, 2.05) is 42.5 Å². The molecule has 0 heterocycles. The molecule has 6 heteroatoms. The second-order valence-electron chi connectivity index (χ2n) is 4.88. The van der Waals surface area contributed by atoms with Gasteiger partial charge in [-0.25, -0.2) is 5.43 Å². The molecule has 0 unspecified atom stereocenters. The molecule has 1 amide bonds. The van der Waals surface area contributed by atoms with E-state index in [9.17, 15) is 4.79 Å². The van der Waals surface area contributed by atoms with Crippen molar-refractivity contribution in [3.8, 4) is 5.75 Å².